The van der Waals surface area contributed by atoms with Crippen LogP contribution in [0.4, 0.5) is 5.82 Å². The Morgan fingerprint density at radius 2 is 1.81 bits per heavy atom. The highest BCUT2D eigenvalue weighted by Crippen LogP contribution is 2.27. The first-order valence-corrected chi connectivity index (χ1v) is 8.51. The molecule has 4 aromatic rings. The molecule has 0 unspecified atom stereocenters. The van der Waals surface area contributed by atoms with E-state index in [0.29, 0.717) is 23.9 Å². The van der Waals surface area contributed by atoms with E-state index >= 15 is 0 Å². The number of nitrogens with two attached hydrogens (primary N) is 1. The van der Waals surface area contributed by atoms with E-state index in [2.05, 4.69) is 20.5 Å². The van der Waals surface area contributed by atoms with Crippen molar-refractivity contribution < 1.29 is 9.26 Å². The van der Waals surface area contributed by atoms with Crippen LogP contribution in [-0.4, -0.2) is 31.7 Å². The van der Waals surface area contributed by atoms with Crippen molar-refractivity contribution >= 4 is 5.82 Å². The van der Waals surface area contributed by atoms with Crippen LogP contribution in [0.25, 0.3) is 28.7 Å². The molecule has 2 heterocycles. The summed E-state index contributed by atoms with van der Waals surface area (Å²) in [5.41, 5.74) is 9.31. The highest BCUT2D eigenvalue weighted by Gasteiger charge is 2.19. The standard InChI is InChI=1S/C19H18N6O2/c1-3-26-15-10-6-13(7-11-15)18-21-19(27-23-18)16-17(20)25(24-22-16)14-8-4-12(2)5-9-14/h4-11H,3,20H2,1-2H3. The van der Waals surface area contributed by atoms with Gasteiger partial charge in [0.15, 0.2) is 11.5 Å². The van der Waals surface area contributed by atoms with E-state index < -0.39 is 0 Å². The molecule has 0 aliphatic carbocycles. The lowest BCUT2D eigenvalue weighted by Crippen LogP contribution is -2.02. The number of hydrogen-bond donors (Lipinski definition) is 1. The predicted molar refractivity (Wildman–Crippen MR) is 100 cm³/mol. The maximum absolute atomic E-state index is 6.20. The smallest absolute Gasteiger partial charge is 0.282 e. The maximum atomic E-state index is 6.20. The molecule has 0 amide bonds. The molecule has 0 spiro atoms. The second kappa shape index (κ2) is 6.91. The molecular formula is C19H18N6O2. The molecule has 136 valence electrons. The first-order valence-electron chi connectivity index (χ1n) is 8.51. The van der Waals surface area contributed by atoms with Gasteiger partial charge in [-0.25, -0.2) is 0 Å². The third kappa shape index (κ3) is 3.24. The van der Waals surface area contributed by atoms with Gasteiger partial charge in [-0.2, -0.15) is 9.67 Å². The van der Waals surface area contributed by atoms with Crippen LogP contribution < -0.4 is 10.5 Å². The third-order valence-corrected chi connectivity index (χ3v) is 4.04. The monoisotopic (exact) mass is 362 g/mol. The number of aryl methyl sites for hydroxylation is 1. The zero-order valence-corrected chi connectivity index (χ0v) is 15.0. The van der Waals surface area contributed by atoms with Crippen molar-refractivity contribution in [2.24, 2.45) is 0 Å². The summed E-state index contributed by atoms with van der Waals surface area (Å²) in [6.45, 7) is 4.57. The molecule has 0 saturated carbocycles. The number of aromatic nitrogens is 5. The van der Waals surface area contributed by atoms with E-state index in [1.54, 1.807) is 0 Å². The molecule has 4 rings (SSSR count). The van der Waals surface area contributed by atoms with E-state index in [0.717, 1.165) is 22.6 Å². The van der Waals surface area contributed by atoms with Crippen LogP contribution in [0.2, 0.25) is 0 Å². The van der Waals surface area contributed by atoms with E-state index in [-0.39, 0.29) is 5.89 Å². The van der Waals surface area contributed by atoms with Gasteiger partial charge in [0.1, 0.15) is 5.75 Å². The molecule has 0 fully saturated rings. The van der Waals surface area contributed by atoms with E-state index in [1.165, 1.54) is 4.68 Å². The highest BCUT2D eigenvalue weighted by molar-refractivity contribution is 5.66. The average Bonchev–Trinajstić information content (AvgIpc) is 3.30. The van der Waals surface area contributed by atoms with Gasteiger partial charge in [-0.1, -0.05) is 28.1 Å². The molecule has 0 atom stereocenters. The molecular weight excluding hydrogens is 344 g/mol. The van der Waals surface area contributed by atoms with Gasteiger partial charge in [0, 0.05) is 5.56 Å². The number of nitrogens with zero attached hydrogens (tertiary/aromatic N) is 5. The maximum Gasteiger partial charge on any atom is 0.282 e. The summed E-state index contributed by atoms with van der Waals surface area (Å²) in [6, 6.07) is 15.2. The number of hydrogen-bond acceptors (Lipinski definition) is 7. The van der Waals surface area contributed by atoms with E-state index in [4.69, 9.17) is 15.0 Å². The largest absolute Gasteiger partial charge is 0.494 e. The van der Waals surface area contributed by atoms with Gasteiger partial charge in [0.25, 0.3) is 5.89 Å². The first-order chi connectivity index (χ1) is 13.2. The SMILES string of the molecule is CCOc1ccc(-c2noc(-c3nnn(-c4ccc(C)cc4)c3N)n2)cc1. The summed E-state index contributed by atoms with van der Waals surface area (Å²) in [7, 11) is 0. The van der Waals surface area contributed by atoms with Crippen molar-refractivity contribution in [2.45, 2.75) is 13.8 Å². The lowest BCUT2D eigenvalue weighted by atomic mass is 10.2. The minimum absolute atomic E-state index is 0.217. The molecule has 0 aliphatic heterocycles. The zero-order chi connectivity index (χ0) is 18.8. The van der Waals surface area contributed by atoms with E-state index in [1.807, 2.05) is 62.4 Å². The topological polar surface area (TPSA) is 105 Å². The number of ether oxygens (including phenoxy) is 1. The Bertz CT molecular complexity index is 1050. The van der Waals surface area contributed by atoms with E-state index in [9.17, 15) is 0 Å². The fourth-order valence-corrected chi connectivity index (χ4v) is 2.62. The van der Waals surface area contributed by atoms with Crippen LogP contribution in [0.3, 0.4) is 0 Å². The predicted octanol–water partition coefficient (Wildman–Crippen LogP) is 3.27. The summed E-state index contributed by atoms with van der Waals surface area (Å²) in [5, 5.41) is 12.2. The molecule has 2 aromatic heterocycles. The Kier molecular flexibility index (Phi) is 4.29. The Balaban J connectivity index is 1.63. The van der Waals surface area contributed by atoms with Crippen LogP contribution >= 0.6 is 0 Å². The van der Waals surface area contributed by atoms with Crippen molar-refractivity contribution in [3.05, 3.63) is 54.1 Å². The van der Waals surface area contributed by atoms with Crippen molar-refractivity contribution in [3.63, 3.8) is 0 Å². The number of rotatable bonds is 5. The summed E-state index contributed by atoms with van der Waals surface area (Å²) in [6.07, 6.45) is 0. The van der Waals surface area contributed by atoms with Crippen LogP contribution in [0, 0.1) is 6.92 Å². The molecule has 2 N–H and O–H groups in total. The van der Waals surface area contributed by atoms with Gasteiger partial charge in [-0.15, -0.1) is 5.10 Å². The molecule has 2 aromatic carbocycles. The summed E-state index contributed by atoms with van der Waals surface area (Å²) in [4.78, 5) is 4.39. The summed E-state index contributed by atoms with van der Waals surface area (Å²) >= 11 is 0. The fraction of sp³-hybridized carbons (Fsp3) is 0.158. The van der Waals surface area contributed by atoms with Crippen molar-refractivity contribution in [1.29, 1.82) is 0 Å². The fourth-order valence-electron chi connectivity index (χ4n) is 2.62. The zero-order valence-electron chi connectivity index (χ0n) is 15.0. The molecule has 0 saturated heterocycles. The van der Waals surface area contributed by atoms with Crippen molar-refractivity contribution in [3.8, 4) is 34.4 Å². The minimum atomic E-state index is 0.217. The summed E-state index contributed by atoms with van der Waals surface area (Å²) in [5.74, 6) is 1.78. The summed E-state index contributed by atoms with van der Waals surface area (Å²) < 4.78 is 12.3. The number of anilines is 1. The number of benzene rings is 2. The highest BCUT2D eigenvalue weighted by atomic mass is 16.5. The Hall–Kier alpha value is -3.68. The third-order valence-electron chi connectivity index (χ3n) is 4.04. The minimum Gasteiger partial charge on any atom is -0.494 e. The number of nitrogen functional groups attached to an aromatic ring is 1. The lowest BCUT2D eigenvalue weighted by Gasteiger charge is -2.02. The van der Waals surface area contributed by atoms with Crippen LogP contribution in [0.1, 0.15) is 12.5 Å². The van der Waals surface area contributed by atoms with Crippen molar-refractivity contribution in [2.75, 3.05) is 12.3 Å². The Morgan fingerprint density at radius 3 is 2.52 bits per heavy atom. The van der Waals surface area contributed by atoms with Crippen LogP contribution in [0.5, 0.6) is 5.75 Å². The quantitative estimate of drug-likeness (QED) is 0.581. The van der Waals surface area contributed by atoms with Crippen LogP contribution in [0.15, 0.2) is 53.1 Å². The normalized spacial score (nSPS) is 10.9. The molecule has 8 heteroatoms. The molecule has 27 heavy (non-hydrogen) atoms. The van der Waals surface area contributed by atoms with Gasteiger partial charge in [-0.05, 0) is 50.2 Å². The Morgan fingerprint density at radius 1 is 1.07 bits per heavy atom. The molecule has 0 bridgehead atoms. The first kappa shape index (κ1) is 16.8. The van der Waals surface area contributed by atoms with Crippen LogP contribution in [-0.2, 0) is 0 Å². The lowest BCUT2D eigenvalue weighted by molar-refractivity contribution is 0.340. The van der Waals surface area contributed by atoms with Gasteiger partial charge < -0.3 is 15.0 Å². The second-order valence-corrected chi connectivity index (χ2v) is 5.95. The van der Waals surface area contributed by atoms with Gasteiger partial charge in [0.05, 0.1) is 12.3 Å². The second-order valence-electron chi connectivity index (χ2n) is 5.95. The van der Waals surface area contributed by atoms with Gasteiger partial charge in [0.2, 0.25) is 5.82 Å². The van der Waals surface area contributed by atoms with Crippen molar-refractivity contribution in [1.82, 2.24) is 25.1 Å². The Labute approximate surface area is 155 Å². The average molecular weight is 362 g/mol. The molecule has 0 radical (unpaired) electrons. The molecule has 8 nitrogen and oxygen atoms in total. The van der Waals surface area contributed by atoms with Gasteiger partial charge in [-0.3, -0.25) is 0 Å². The molecule has 0 aliphatic rings. The van der Waals surface area contributed by atoms with Gasteiger partial charge >= 0.3 is 0 Å².